The van der Waals surface area contributed by atoms with Gasteiger partial charge in [0, 0.05) is 44.6 Å². The van der Waals surface area contributed by atoms with Gasteiger partial charge in [-0.25, -0.2) is 9.97 Å². The van der Waals surface area contributed by atoms with Crippen LogP contribution in [0.3, 0.4) is 0 Å². The highest BCUT2D eigenvalue weighted by Gasteiger charge is 2.18. The van der Waals surface area contributed by atoms with Gasteiger partial charge in [-0.1, -0.05) is 133 Å². The number of rotatable bonds is 7. The fourth-order valence-corrected chi connectivity index (χ4v) is 7.61. The minimum Gasteiger partial charge on any atom is -0.311 e. The monoisotopic (exact) mass is 690 g/mol. The highest BCUT2D eigenvalue weighted by molar-refractivity contribution is 6.09. The Bertz CT molecular complexity index is 2850. The second-order valence-electron chi connectivity index (χ2n) is 13.5. The number of fused-ring (bicyclic) bond motifs is 4. The molecule has 0 aliphatic carbocycles. The Balaban J connectivity index is 1.06. The number of benzene rings is 8. The molecule has 4 heteroatoms. The Labute approximate surface area is 313 Å². The van der Waals surface area contributed by atoms with E-state index in [1.807, 2.05) is 12.1 Å². The van der Waals surface area contributed by atoms with E-state index >= 15 is 0 Å². The van der Waals surface area contributed by atoms with Gasteiger partial charge < -0.3 is 9.47 Å². The molecule has 2 heterocycles. The molecule has 0 fully saturated rings. The van der Waals surface area contributed by atoms with Gasteiger partial charge in [0.2, 0.25) is 0 Å². The summed E-state index contributed by atoms with van der Waals surface area (Å²) in [5.41, 5.74) is 14.5. The molecular weight excluding hydrogens is 657 g/mol. The molecule has 10 rings (SSSR count). The summed E-state index contributed by atoms with van der Waals surface area (Å²) in [4.78, 5) is 12.8. The second-order valence-corrected chi connectivity index (χ2v) is 13.5. The molecular formula is C50H34N4. The average molecular weight is 691 g/mol. The number of aromatic nitrogens is 3. The van der Waals surface area contributed by atoms with E-state index in [0.29, 0.717) is 0 Å². The Morgan fingerprint density at radius 1 is 0.333 bits per heavy atom. The van der Waals surface area contributed by atoms with E-state index in [-0.39, 0.29) is 0 Å². The third-order valence-electron chi connectivity index (χ3n) is 10.2. The van der Waals surface area contributed by atoms with E-state index < -0.39 is 0 Å². The molecule has 0 saturated heterocycles. The van der Waals surface area contributed by atoms with E-state index in [4.69, 9.17) is 9.97 Å². The number of nitrogens with zero attached hydrogens (tertiary/aromatic N) is 4. The summed E-state index contributed by atoms with van der Waals surface area (Å²) >= 11 is 0. The molecule has 0 saturated carbocycles. The van der Waals surface area contributed by atoms with E-state index in [2.05, 4.69) is 204 Å². The molecule has 0 N–H and O–H groups in total. The zero-order chi connectivity index (χ0) is 35.8. The molecule has 0 aliphatic rings. The molecule has 2 aromatic heterocycles. The molecule has 0 amide bonds. The molecule has 0 atom stereocenters. The lowest BCUT2D eigenvalue weighted by Crippen LogP contribution is -2.10. The summed E-state index contributed by atoms with van der Waals surface area (Å²) in [5.74, 6) is 0. The molecule has 0 bridgehead atoms. The van der Waals surface area contributed by atoms with Gasteiger partial charge >= 0.3 is 0 Å². The molecule has 0 unspecified atom stereocenters. The van der Waals surface area contributed by atoms with Crippen molar-refractivity contribution in [3.05, 3.63) is 206 Å². The topological polar surface area (TPSA) is 34.0 Å². The van der Waals surface area contributed by atoms with Gasteiger partial charge in [0.1, 0.15) is 0 Å². The lowest BCUT2D eigenvalue weighted by molar-refractivity contribution is 1.17. The molecule has 254 valence electrons. The van der Waals surface area contributed by atoms with Crippen LogP contribution in [0, 0.1) is 0 Å². The second kappa shape index (κ2) is 13.4. The third-order valence-corrected chi connectivity index (χ3v) is 10.2. The van der Waals surface area contributed by atoms with Crippen LogP contribution in [0.15, 0.2) is 206 Å². The van der Waals surface area contributed by atoms with Crippen molar-refractivity contribution in [3.8, 4) is 39.3 Å². The zero-order valence-corrected chi connectivity index (χ0v) is 29.4. The molecule has 10 aromatic rings. The Morgan fingerprint density at radius 3 is 1.39 bits per heavy atom. The summed E-state index contributed by atoms with van der Waals surface area (Å²) in [6.07, 6.45) is 0. The van der Waals surface area contributed by atoms with Gasteiger partial charge in [0.05, 0.1) is 33.5 Å². The predicted molar refractivity (Wildman–Crippen MR) is 225 cm³/mol. The highest BCUT2D eigenvalue weighted by Crippen LogP contribution is 2.39. The fraction of sp³-hybridized carbons (Fsp3) is 0. The minimum absolute atomic E-state index is 0.854. The molecule has 0 spiro atoms. The largest absolute Gasteiger partial charge is 0.311 e. The normalized spacial score (nSPS) is 11.3. The summed E-state index contributed by atoms with van der Waals surface area (Å²) in [6, 6.07) is 72.5. The van der Waals surface area contributed by atoms with Crippen LogP contribution in [0.4, 0.5) is 17.1 Å². The molecule has 54 heavy (non-hydrogen) atoms. The minimum atomic E-state index is 0.854. The van der Waals surface area contributed by atoms with E-state index in [1.165, 1.54) is 21.8 Å². The Hall–Kier alpha value is -7.30. The van der Waals surface area contributed by atoms with Crippen LogP contribution in [-0.2, 0) is 0 Å². The first-order chi connectivity index (χ1) is 26.8. The van der Waals surface area contributed by atoms with Gasteiger partial charge in [-0.2, -0.15) is 0 Å². The van der Waals surface area contributed by atoms with Crippen LogP contribution >= 0.6 is 0 Å². The van der Waals surface area contributed by atoms with Crippen molar-refractivity contribution in [1.82, 2.24) is 14.5 Å². The SMILES string of the molecule is c1ccc(-c2ccc3nc(-c4ccccc4)c(-c4ccc(N(c5ccccc5)c5ccc(-n6c7ccccc7c7ccccc76)cc5)cc4)nc3c2)cc1. The van der Waals surface area contributed by atoms with E-state index in [1.54, 1.807) is 0 Å². The van der Waals surface area contributed by atoms with Crippen molar-refractivity contribution in [2.45, 2.75) is 0 Å². The summed E-state index contributed by atoms with van der Waals surface area (Å²) < 4.78 is 2.35. The maximum atomic E-state index is 5.30. The first-order valence-corrected chi connectivity index (χ1v) is 18.3. The average Bonchev–Trinajstić information content (AvgIpc) is 3.59. The van der Waals surface area contributed by atoms with Crippen LogP contribution in [0.5, 0.6) is 0 Å². The highest BCUT2D eigenvalue weighted by atomic mass is 15.1. The number of hydrogen-bond acceptors (Lipinski definition) is 3. The van der Waals surface area contributed by atoms with Crippen LogP contribution in [0.25, 0.3) is 72.2 Å². The number of para-hydroxylation sites is 3. The van der Waals surface area contributed by atoms with Crippen molar-refractivity contribution < 1.29 is 0 Å². The van der Waals surface area contributed by atoms with Gasteiger partial charge in [0.25, 0.3) is 0 Å². The van der Waals surface area contributed by atoms with Gasteiger partial charge in [-0.05, 0) is 83.9 Å². The first-order valence-electron chi connectivity index (χ1n) is 18.3. The Kier molecular flexibility index (Phi) is 7.77. The molecule has 0 radical (unpaired) electrons. The van der Waals surface area contributed by atoms with Crippen molar-refractivity contribution in [2.24, 2.45) is 0 Å². The lowest BCUT2D eigenvalue weighted by atomic mass is 10.0. The van der Waals surface area contributed by atoms with Gasteiger partial charge in [0.15, 0.2) is 0 Å². The standard InChI is InChI=1S/C50H34N4/c1-4-14-35(15-5-1)38-26-33-45-46(34-38)52-50(49(51-45)36-16-6-2-7-17-36)37-24-27-40(28-25-37)53(39-18-8-3-9-19-39)41-29-31-42(32-30-41)54-47-22-12-10-20-43(47)44-21-11-13-23-48(44)54/h1-34H. The zero-order valence-electron chi connectivity index (χ0n) is 29.4. The van der Waals surface area contributed by atoms with Crippen molar-refractivity contribution in [3.63, 3.8) is 0 Å². The molecule has 8 aromatic carbocycles. The number of anilines is 3. The van der Waals surface area contributed by atoms with Gasteiger partial charge in [-0.15, -0.1) is 0 Å². The maximum absolute atomic E-state index is 5.30. The lowest BCUT2D eigenvalue weighted by Gasteiger charge is -2.26. The summed E-state index contributed by atoms with van der Waals surface area (Å²) in [6.45, 7) is 0. The summed E-state index contributed by atoms with van der Waals surface area (Å²) in [7, 11) is 0. The maximum Gasteiger partial charge on any atom is 0.0973 e. The molecule has 0 aliphatic heterocycles. The van der Waals surface area contributed by atoms with Gasteiger partial charge in [-0.3, -0.25) is 0 Å². The molecule has 4 nitrogen and oxygen atoms in total. The summed E-state index contributed by atoms with van der Waals surface area (Å²) in [5, 5.41) is 2.51. The Morgan fingerprint density at radius 2 is 0.778 bits per heavy atom. The van der Waals surface area contributed by atoms with Crippen molar-refractivity contribution in [2.75, 3.05) is 4.90 Å². The third kappa shape index (κ3) is 5.58. The quantitative estimate of drug-likeness (QED) is 0.167. The smallest absolute Gasteiger partial charge is 0.0973 e. The van der Waals surface area contributed by atoms with Crippen LogP contribution in [0.1, 0.15) is 0 Å². The fourth-order valence-electron chi connectivity index (χ4n) is 7.61. The van der Waals surface area contributed by atoms with Crippen LogP contribution in [0.2, 0.25) is 0 Å². The van der Waals surface area contributed by atoms with Crippen molar-refractivity contribution in [1.29, 1.82) is 0 Å². The van der Waals surface area contributed by atoms with Crippen molar-refractivity contribution >= 4 is 49.9 Å². The van der Waals surface area contributed by atoms with E-state index in [9.17, 15) is 0 Å². The predicted octanol–water partition coefficient (Wildman–Crippen LogP) is 13.2. The first kappa shape index (κ1) is 31.4. The number of hydrogen-bond donors (Lipinski definition) is 0. The van der Waals surface area contributed by atoms with Crippen LogP contribution < -0.4 is 4.90 Å². The van der Waals surface area contributed by atoms with Crippen LogP contribution in [-0.4, -0.2) is 14.5 Å². The van der Waals surface area contributed by atoms with E-state index in [0.717, 1.165) is 67.4 Å².